The summed E-state index contributed by atoms with van der Waals surface area (Å²) in [4.78, 5) is 13.3. The zero-order valence-corrected chi connectivity index (χ0v) is 14.7. The Kier molecular flexibility index (Phi) is 5.03. The van der Waals surface area contributed by atoms with E-state index in [4.69, 9.17) is 0 Å². The van der Waals surface area contributed by atoms with Gasteiger partial charge < -0.3 is 5.32 Å². The molecule has 1 aliphatic rings. The van der Waals surface area contributed by atoms with Gasteiger partial charge in [-0.05, 0) is 42.9 Å². The van der Waals surface area contributed by atoms with Crippen molar-refractivity contribution in [3.05, 3.63) is 71.3 Å². The predicted molar refractivity (Wildman–Crippen MR) is 98.9 cm³/mol. The zero-order chi connectivity index (χ0) is 17.0. The molecule has 2 aromatic carbocycles. The van der Waals surface area contributed by atoms with E-state index in [2.05, 4.69) is 55.6 Å². The maximum Gasteiger partial charge on any atom is 0.231 e. The highest BCUT2D eigenvalue weighted by molar-refractivity contribution is 5.89. The van der Waals surface area contributed by atoms with Crippen LogP contribution in [0.15, 0.2) is 54.6 Å². The standard InChI is InChI=1S/C22H27NO/c1-3-20(19-14-8-7-11-17(19)2)23-21(24)22(15-9-10-16-22)18-12-5-4-6-13-18/h4-8,11-14,20H,3,9-10,15-16H2,1-2H3,(H,23,24). The van der Waals surface area contributed by atoms with E-state index in [1.165, 1.54) is 16.7 Å². The molecule has 3 rings (SSSR count). The van der Waals surface area contributed by atoms with Crippen LogP contribution in [0.4, 0.5) is 0 Å². The second kappa shape index (κ2) is 7.21. The molecule has 2 aromatic rings. The number of amides is 1. The van der Waals surface area contributed by atoms with Crippen LogP contribution in [0.1, 0.15) is 61.8 Å². The Bertz CT molecular complexity index is 686. The first-order chi connectivity index (χ1) is 11.7. The molecule has 0 radical (unpaired) electrons. The fourth-order valence-corrected chi connectivity index (χ4v) is 4.06. The van der Waals surface area contributed by atoms with E-state index in [9.17, 15) is 4.79 Å². The molecule has 1 atom stereocenters. The van der Waals surface area contributed by atoms with Crippen molar-refractivity contribution in [2.45, 2.75) is 57.4 Å². The van der Waals surface area contributed by atoms with E-state index < -0.39 is 0 Å². The molecule has 1 fully saturated rings. The first-order valence-corrected chi connectivity index (χ1v) is 9.09. The Morgan fingerprint density at radius 1 is 1.04 bits per heavy atom. The summed E-state index contributed by atoms with van der Waals surface area (Å²) in [5.74, 6) is 0.196. The Morgan fingerprint density at radius 3 is 2.29 bits per heavy atom. The molecule has 2 nitrogen and oxygen atoms in total. The molecule has 2 heteroatoms. The van der Waals surface area contributed by atoms with Gasteiger partial charge in [0.05, 0.1) is 11.5 Å². The number of aryl methyl sites for hydroxylation is 1. The van der Waals surface area contributed by atoms with Gasteiger partial charge in [0, 0.05) is 0 Å². The van der Waals surface area contributed by atoms with Crippen molar-refractivity contribution < 1.29 is 4.79 Å². The summed E-state index contributed by atoms with van der Waals surface area (Å²) >= 11 is 0. The average molecular weight is 321 g/mol. The van der Waals surface area contributed by atoms with Crippen LogP contribution in [-0.4, -0.2) is 5.91 Å². The average Bonchev–Trinajstić information content (AvgIpc) is 3.12. The van der Waals surface area contributed by atoms with Crippen molar-refractivity contribution in [1.82, 2.24) is 5.32 Å². The molecular weight excluding hydrogens is 294 g/mol. The predicted octanol–water partition coefficient (Wildman–Crippen LogP) is 5.07. The number of benzene rings is 2. The number of hydrogen-bond acceptors (Lipinski definition) is 1. The van der Waals surface area contributed by atoms with Crippen LogP contribution in [0.5, 0.6) is 0 Å². The van der Waals surface area contributed by atoms with Gasteiger partial charge in [-0.1, -0.05) is 74.4 Å². The Morgan fingerprint density at radius 2 is 1.67 bits per heavy atom. The van der Waals surface area contributed by atoms with Crippen molar-refractivity contribution >= 4 is 5.91 Å². The van der Waals surface area contributed by atoms with E-state index >= 15 is 0 Å². The van der Waals surface area contributed by atoms with E-state index in [0.717, 1.165) is 32.1 Å². The van der Waals surface area contributed by atoms with Gasteiger partial charge in [0.25, 0.3) is 0 Å². The van der Waals surface area contributed by atoms with Crippen molar-refractivity contribution in [3.63, 3.8) is 0 Å². The summed E-state index contributed by atoms with van der Waals surface area (Å²) in [6.45, 7) is 4.26. The quantitative estimate of drug-likeness (QED) is 0.818. The molecule has 0 bridgehead atoms. The molecule has 0 spiro atoms. The molecule has 24 heavy (non-hydrogen) atoms. The normalized spacial score (nSPS) is 17.4. The van der Waals surface area contributed by atoms with Crippen LogP contribution in [0, 0.1) is 6.92 Å². The largest absolute Gasteiger partial charge is 0.349 e. The highest BCUT2D eigenvalue weighted by Crippen LogP contribution is 2.42. The summed E-state index contributed by atoms with van der Waals surface area (Å²) < 4.78 is 0. The van der Waals surface area contributed by atoms with Crippen LogP contribution in [0.2, 0.25) is 0 Å². The van der Waals surface area contributed by atoms with Gasteiger partial charge in [-0.2, -0.15) is 0 Å². The minimum Gasteiger partial charge on any atom is -0.349 e. The SMILES string of the molecule is CCC(NC(=O)C1(c2ccccc2)CCCC1)c1ccccc1C. The fourth-order valence-electron chi connectivity index (χ4n) is 4.06. The summed E-state index contributed by atoms with van der Waals surface area (Å²) in [6.07, 6.45) is 5.06. The maximum absolute atomic E-state index is 13.3. The number of carbonyl (C=O) groups excluding carboxylic acids is 1. The second-order valence-corrected chi connectivity index (χ2v) is 6.95. The van der Waals surface area contributed by atoms with E-state index in [1.807, 2.05) is 18.2 Å². The van der Waals surface area contributed by atoms with Crippen LogP contribution >= 0.6 is 0 Å². The number of nitrogens with one attached hydrogen (secondary N) is 1. The van der Waals surface area contributed by atoms with Crippen LogP contribution in [0.3, 0.4) is 0 Å². The second-order valence-electron chi connectivity index (χ2n) is 6.95. The third kappa shape index (κ3) is 3.10. The molecule has 1 aliphatic carbocycles. The molecular formula is C22H27NO. The highest BCUT2D eigenvalue weighted by Gasteiger charge is 2.43. The molecule has 0 heterocycles. The molecule has 1 amide bonds. The fraction of sp³-hybridized carbons (Fsp3) is 0.409. The Hall–Kier alpha value is -2.09. The van der Waals surface area contributed by atoms with Gasteiger partial charge in [0.1, 0.15) is 0 Å². The van der Waals surface area contributed by atoms with Gasteiger partial charge in [-0.15, -0.1) is 0 Å². The Labute approximate surface area is 145 Å². The lowest BCUT2D eigenvalue weighted by molar-refractivity contribution is -0.127. The monoisotopic (exact) mass is 321 g/mol. The molecule has 1 unspecified atom stereocenters. The van der Waals surface area contributed by atoms with E-state index in [-0.39, 0.29) is 17.4 Å². The third-order valence-corrected chi connectivity index (χ3v) is 5.50. The molecule has 126 valence electrons. The first-order valence-electron chi connectivity index (χ1n) is 9.09. The van der Waals surface area contributed by atoms with Crippen LogP contribution in [-0.2, 0) is 10.2 Å². The molecule has 0 aromatic heterocycles. The summed E-state index contributed by atoms with van der Waals surface area (Å²) in [5.41, 5.74) is 3.29. The lowest BCUT2D eigenvalue weighted by atomic mass is 9.77. The topological polar surface area (TPSA) is 29.1 Å². The minimum absolute atomic E-state index is 0.0832. The number of carbonyl (C=O) groups is 1. The van der Waals surface area contributed by atoms with Crippen molar-refractivity contribution in [1.29, 1.82) is 0 Å². The van der Waals surface area contributed by atoms with Gasteiger partial charge in [0.15, 0.2) is 0 Å². The van der Waals surface area contributed by atoms with E-state index in [1.54, 1.807) is 0 Å². The lowest BCUT2D eigenvalue weighted by Gasteiger charge is -2.31. The molecule has 0 saturated heterocycles. The zero-order valence-electron chi connectivity index (χ0n) is 14.7. The molecule has 1 N–H and O–H groups in total. The summed E-state index contributed by atoms with van der Waals surface area (Å²) in [7, 11) is 0. The minimum atomic E-state index is -0.350. The summed E-state index contributed by atoms with van der Waals surface area (Å²) in [5, 5.41) is 3.37. The van der Waals surface area contributed by atoms with Crippen LogP contribution < -0.4 is 5.32 Å². The van der Waals surface area contributed by atoms with Gasteiger partial charge >= 0.3 is 0 Å². The van der Waals surface area contributed by atoms with Crippen molar-refractivity contribution in [2.24, 2.45) is 0 Å². The van der Waals surface area contributed by atoms with Crippen molar-refractivity contribution in [2.75, 3.05) is 0 Å². The smallest absolute Gasteiger partial charge is 0.231 e. The number of hydrogen-bond donors (Lipinski definition) is 1. The molecule has 0 aliphatic heterocycles. The first kappa shape index (κ1) is 16.8. The third-order valence-electron chi connectivity index (χ3n) is 5.50. The van der Waals surface area contributed by atoms with Gasteiger partial charge in [-0.3, -0.25) is 4.79 Å². The van der Waals surface area contributed by atoms with Gasteiger partial charge in [0.2, 0.25) is 5.91 Å². The maximum atomic E-state index is 13.3. The van der Waals surface area contributed by atoms with Gasteiger partial charge in [-0.25, -0.2) is 0 Å². The summed E-state index contributed by atoms with van der Waals surface area (Å²) in [6, 6.07) is 18.8. The van der Waals surface area contributed by atoms with Crippen LogP contribution in [0.25, 0.3) is 0 Å². The lowest BCUT2D eigenvalue weighted by Crippen LogP contribution is -2.44. The molecule has 1 saturated carbocycles. The highest BCUT2D eigenvalue weighted by atomic mass is 16.2. The number of rotatable bonds is 5. The van der Waals surface area contributed by atoms with E-state index in [0.29, 0.717) is 0 Å². The Balaban J connectivity index is 1.88. The van der Waals surface area contributed by atoms with Crippen molar-refractivity contribution in [3.8, 4) is 0 Å².